The molecule has 0 amide bonds. The monoisotopic (exact) mass is 244 g/mol. The van der Waals surface area contributed by atoms with E-state index in [9.17, 15) is 4.79 Å². The van der Waals surface area contributed by atoms with Gasteiger partial charge in [-0.3, -0.25) is 4.98 Å². The molecule has 2 aromatic rings. The molecule has 0 aliphatic heterocycles. The third-order valence-electron chi connectivity index (χ3n) is 2.33. The Labute approximate surface area is 104 Å². The number of hydrogen-bond acceptors (Lipinski definition) is 5. The zero-order valence-electron chi connectivity index (χ0n) is 9.58. The van der Waals surface area contributed by atoms with E-state index >= 15 is 0 Å². The Kier molecular flexibility index (Phi) is 3.80. The van der Waals surface area contributed by atoms with Crippen LogP contribution in [0.3, 0.4) is 0 Å². The summed E-state index contributed by atoms with van der Waals surface area (Å²) in [4.78, 5) is 22.6. The second-order valence-electron chi connectivity index (χ2n) is 3.60. The summed E-state index contributed by atoms with van der Waals surface area (Å²) in [5.41, 5.74) is 1.01. The van der Waals surface area contributed by atoms with Crippen molar-refractivity contribution in [1.82, 2.24) is 15.0 Å². The largest absolute Gasteiger partial charge is 0.476 e. The Balaban J connectivity index is 1.97. The molecule has 6 heteroatoms. The summed E-state index contributed by atoms with van der Waals surface area (Å²) in [6.07, 6.45) is 7.04. The van der Waals surface area contributed by atoms with Crippen molar-refractivity contribution < 1.29 is 9.90 Å². The van der Waals surface area contributed by atoms with Crippen molar-refractivity contribution >= 4 is 11.8 Å². The minimum atomic E-state index is -1.09. The zero-order chi connectivity index (χ0) is 12.8. The number of hydrogen-bond donors (Lipinski definition) is 2. The number of carboxylic acids is 1. The average Bonchev–Trinajstić information content (AvgIpc) is 2.40. The molecule has 2 heterocycles. The number of carboxylic acid groups (broad SMARTS) is 1. The lowest BCUT2D eigenvalue weighted by molar-refractivity contribution is 0.0691. The van der Waals surface area contributed by atoms with Crippen LogP contribution >= 0.6 is 0 Å². The highest BCUT2D eigenvalue weighted by molar-refractivity contribution is 5.90. The van der Waals surface area contributed by atoms with E-state index in [2.05, 4.69) is 20.3 Å². The van der Waals surface area contributed by atoms with Crippen LogP contribution in [-0.2, 0) is 6.42 Å². The van der Waals surface area contributed by atoms with Crippen LogP contribution in [0.25, 0.3) is 0 Å². The van der Waals surface area contributed by atoms with E-state index < -0.39 is 5.97 Å². The molecule has 0 aromatic carbocycles. The third-order valence-corrected chi connectivity index (χ3v) is 2.33. The van der Waals surface area contributed by atoms with Gasteiger partial charge in [-0.25, -0.2) is 14.8 Å². The summed E-state index contributed by atoms with van der Waals surface area (Å²) in [7, 11) is 0. The number of nitrogens with zero attached hydrogens (tertiary/aromatic N) is 3. The first-order valence-electron chi connectivity index (χ1n) is 5.44. The molecule has 92 valence electrons. The second kappa shape index (κ2) is 5.72. The molecule has 0 saturated carbocycles. The minimum Gasteiger partial charge on any atom is -0.476 e. The van der Waals surface area contributed by atoms with Gasteiger partial charge in [0.25, 0.3) is 0 Å². The average molecular weight is 244 g/mol. The molecular formula is C12H12N4O2. The van der Waals surface area contributed by atoms with Gasteiger partial charge in [0.05, 0.1) is 0 Å². The van der Waals surface area contributed by atoms with Crippen molar-refractivity contribution in [1.29, 1.82) is 0 Å². The quantitative estimate of drug-likeness (QED) is 0.822. The zero-order valence-corrected chi connectivity index (χ0v) is 9.58. The van der Waals surface area contributed by atoms with Gasteiger partial charge in [0, 0.05) is 31.3 Å². The number of carbonyl (C=O) groups is 1. The molecule has 0 radical (unpaired) electrons. The summed E-state index contributed by atoms with van der Waals surface area (Å²) in [6, 6.07) is 3.82. The van der Waals surface area contributed by atoms with E-state index in [1.54, 1.807) is 12.4 Å². The van der Waals surface area contributed by atoms with Crippen LogP contribution in [0.2, 0.25) is 0 Å². The summed E-state index contributed by atoms with van der Waals surface area (Å²) in [6.45, 7) is 0.574. The van der Waals surface area contributed by atoms with Crippen LogP contribution < -0.4 is 5.32 Å². The van der Waals surface area contributed by atoms with Gasteiger partial charge in [-0.15, -0.1) is 0 Å². The Morgan fingerprint density at radius 1 is 1.28 bits per heavy atom. The van der Waals surface area contributed by atoms with E-state index in [0.717, 1.165) is 12.0 Å². The van der Waals surface area contributed by atoms with Gasteiger partial charge in [0.2, 0.25) is 0 Å². The predicted molar refractivity (Wildman–Crippen MR) is 65.4 cm³/mol. The molecule has 0 atom stereocenters. The van der Waals surface area contributed by atoms with Crippen LogP contribution in [0, 0.1) is 0 Å². The first-order chi connectivity index (χ1) is 8.77. The highest BCUT2D eigenvalue weighted by Crippen LogP contribution is 2.08. The molecule has 0 saturated heterocycles. The molecular weight excluding hydrogens is 232 g/mol. The summed E-state index contributed by atoms with van der Waals surface area (Å²) < 4.78 is 0. The highest BCUT2D eigenvalue weighted by Gasteiger charge is 2.11. The summed E-state index contributed by atoms with van der Waals surface area (Å²) >= 11 is 0. The van der Waals surface area contributed by atoms with Crippen molar-refractivity contribution in [2.75, 3.05) is 11.9 Å². The fourth-order valence-corrected chi connectivity index (χ4v) is 1.50. The van der Waals surface area contributed by atoms with E-state index in [0.29, 0.717) is 6.54 Å². The minimum absolute atomic E-state index is 0.0660. The van der Waals surface area contributed by atoms with E-state index in [4.69, 9.17) is 5.11 Å². The molecule has 0 aliphatic carbocycles. The van der Waals surface area contributed by atoms with Crippen molar-refractivity contribution in [3.8, 4) is 0 Å². The van der Waals surface area contributed by atoms with Crippen molar-refractivity contribution in [2.45, 2.75) is 6.42 Å². The Bertz CT molecular complexity index is 531. The van der Waals surface area contributed by atoms with Gasteiger partial charge < -0.3 is 10.4 Å². The lowest BCUT2D eigenvalue weighted by Gasteiger charge is -2.07. The SMILES string of the molecule is O=C(O)c1nccnc1NCCc1cccnc1. The molecule has 2 aromatic heterocycles. The van der Waals surface area contributed by atoms with Crippen LogP contribution in [0.4, 0.5) is 5.82 Å². The number of pyridine rings is 1. The maximum absolute atomic E-state index is 10.9. The number of rotatable bonds is 5. The van der Waals surface area contributed by atoms with Gasteiger partial charge >= 0.3 is 5.97 Å². The molecule has 2 N–H and O–H groups in total. The molecule has 0 bridgehead atoms. The van der Waals surface area contributed by atoms with E-state index in [1.807, 2.05) is 12.1 Å². The molecule has 0 unspecified atom stereocenters. The number of anilines is 1. The second-order valence-corrected chi connectivity index (χ2v) is 3.60. The molecule has 0 spiro atoms. The normalized spacial score (nSPS) is 10.0. The van der Waals surface area contributed by atoms with Gasteiger partial charge in [-0.05, 0) is 18.1 Å². The van der Waals surface area contributed by atoms with E-state index in [-0.39, 0.29) is 11.5 Å². The fourth-order valence-electron chi connectivity index (χ4n) is 1.50. The van der Waals surface area contributed by atoms with Crippen LogP contribution in [0.1, 0.15) is 16.1 Å². The van der Waals surface area contributed by atoms with Gasteiger partial charge in [0.15, 0.2) is 11.5 Å². The molecule has 2 rings (SSSR count). The lowest BCUT2D eigenvalue weighted by atomic mass is 10.2. The summed E-state index contributed by atoms with van der Waals surface area (Å²) in [5, 5.41) is 11.9. The molecule has 0 fully saturated rings. The molecule has 6 nitrogen and oxygen atoms in total. The number of aromatic nitrogens is 3. The Morgan fingerprint density at radius 2 is 2.11 bits per heavy atom. The predicted octanol–water partition coefficient (Wildman–Crippen LogP) is 1.22. The maximum Gasteiger partial charge on any atom is 0.358 e. The van der Waals surface area contributed by atoms with Crippen LogP contribution in [0.15, 0.2) is 36.9 Å². The van der Waals surface area contributed by atoms with Gasteiger partial charge in [-0.2, -0.15) is 0 Å². The Morgan fingerprint density at radius 3 is 2.83 bits per heavy atom. The van der Waals surface area contributed by atoms with Crippen molar-refractivity contribution in [3.63, 3.8) is 0 Å². The first-order valence-corrected chi connectivity index (χ1v) is 5.44. The van der Waals surface area contributed by atoms with Crippen LogP contribution in [-0.4, -0.2) is 32.6 Å². The van der Waals surface area contributed by atoms with Crippen LogP contribution in [0.5, 0.6) is 0 Å². The van der Waals surface area contributed by atoms with E-state index in [1.165, 1.54) is 12.4 Å². The van der Waals surface area contributed by atoms with Gasteiger partial charge in [0.1, 0.15) is 0 Å². The van der Waals surface area contributed by atoms with Crippen molar-refractivity contribution in [2.24, 2.45) is 0 Å². The smallest absolute Gasteiger partial charge is 0.358 e. The summed E-state index contributed by atoms with van der Waals surface area (Å²) in [5.74, 6) is -0.805. The standard InChI is InChI=1S/C12H12N4O2/c17-12(18)10-11(16-7-6-14-10)15-5-3-9-2-1-4-13-8-9/h1-2,4,6-8H,3,5H2,(H,15,16)(H,17,18). The molecule has 18 heavy (non-hydrogen) atoms. The third kappa shape index (κ3) is 3.00. The number of aromatic carboxylic acids is 1. The Hall–Kier alpha value is -2.50. The highest BCUT2D eigenvalue weighted by atomic mass is 16.4. The van der Waals surface area contributed by atoms with Gasteiger partial charge in [-0.1, -0.05) is 6.07 Å². The lowest BCUT2D eigenvalue weighted by Crippen LogP contribution is -2.12. The number of nitrogens with one attached hydrogen (secondary N) is 1. The first kappa shape index (κ1) is 12.0. The topological polar surface area (TPSA) is 88.0 Å². The maximum atomic E-state index is 10.9. The fraction of sp³-hybridized carbons (Fsp3) is 0.167. The van der Waals surface area contributed by atoms with Crippen molar-refractivity contribution in [3.05, 3.63) is 48.2 Å². The molecule has 0 aliphatic rings.